The molecule has 0 amide bonds. The number of fused-ring (bicyclic) bond motifs is 1. The highest BCUT2D eigenvalue weighted by atomic mass is 79.9. The first-order valence-corrected chi connectivity index (χ1v) is 13.6. The van der Waals surface area contributed by atoms with Crippen molar-refractivity contribution in [1.82, 2.24) is 18.7 Å². The maximum absolute atomic E-state index is 13.7. The Bertz CT molecular complexity index is 1540. The molecular formula is C25H27BrN6O3S. The van der Waals surface area contributed by atoms with Gasteiger partial charge in [-0.2, -0.15) is 16.3 Å². The maximum atomic E-state index is 13.7. The van der Waals surface area contributed by atoms with Gasteiger partial charge in [-0.1, -0.05) is 47.0 Å². The lowest BCUT2D eigenvalue weighted by Crippen LogP contribution is -2.43. The zero-order valence-corrected chi connectivity index (χ0v) is 22.2. The minimum Gasteiger partial charge on any atom is -0.351 e. The number of carbonyl (C=O) groups is 1. The molecule has 0 spiro atoms. The summed E-state index contributed by atoms with van der Waals surface area (Å²) in [5.41, 5.74) is 7.22. The molecule has 3 N–H and O–H groups in total. The Kier molecular flexibility index (Phi) is 6.96. The van der Waals surface area contributed by atoms with Crippen LogP contribution in [0.3, 0.4) is 0 Å². The summed E-state index contributed by atoms with van der Waals surface area (Å²) in [5, 5.41) is 6.97. The lowest BCUT2D eigenvalue weighted by molar-refractivity contribution is 0.0969. The van der Waals surface area contributed by atoms with Crippen molar-refractivity contribution in [3.63, 3.8) is 0 Å². The third kappa shape index (κ3) is 4.58. The molecule has 3 heterocycles. The van der Waals surface area contributed by atoms with Gasteiger partial charge >= 0.3 is 5.69 Å². The lowest BCUT2D eigenvalue weighted by Gasteiger charge is -2.29. The number of hydrogen-bond donors (Lipinski definition) is 2. The highest BCUT2D eigenvalue weighted by Crippen LogP contribution is 2.25. The molecule has 2 unspecified atom stereocenters. The monoisotopic (exact) mass is 570 g/mol. The molecule has 1 saturated carbocycles. The van der Waals surface area contributed by atoms with Crippen LogP contribution in [0.2, 0.25) is 0 Å². The van der Waals surface area contributed by atoms with Gasteiger partial charge in [0.1, 0.15) is 0 Å². The molecule has 1 aliphatic rings. The molecule has 1 aliphatic carbocycles. The lowest BCUT2D eigenvalue weighted by atomic mass is 9.91. The van der Waals surface area contributed by atoms with Gasteiger partial charge < -0.3 is 11.1 Å². The van der Waals surface area contributed by atoms with Crippen LogP contribution in [0.15, 0.2) is 55.2 Å². The Labute approximate surface area is 219 Å². The van der Waals surface area contributed by atoms with Crippen LogP contribution in [-0.2, 0) is 20.1 Å². The summed E-state index contributed by atoms with van der Waals surface area (Å²) in [6.07, 6.45) is 3.96. The molecule has 4 aromatic rings. The molecule has 188 valence electrons. The number of imidazole rings is 1. The van der Waals surface area contributed by atoms with Crippen LogP contribution < -0.4 is 22.3 Å². The Morgan fingerprint density at radius 1 is 1.19 bits per heavy atom. The number of benzene rings is 1. The van der Waals surface area contributed by atoms with Crippen LogP contribution in [0.25, 0.3) is 11.2 Å². The standard InChI is InChI=1S/C25H27BrN6O3S/c1-30-22-21(23(34)32(25(30)35)13-20(33)16-10-11-36-14-16)31(12-15-6-2-3-7-17(15)26)24(29-22)28-19-9-5-4-8-18(19)27/h2-3,6-7,10-11,14,18-19H,4-5,8-9,12-13,27H2,1H3,(H,28,29). The summed E-state index contributed by atoms with van der Waals surface area (Å²) in [6.45, 7) is 0.00277. The molecule has 1 aromatic carbocycles. The molecule has 0 bridgehead atoms. The van der Waals surface area contributed by atoms with E-state index in [-0.39, 0.29) is 35.6 Å². The van der Waals surface area contributed by atoms with Crippen molar-refractivity contribution in [2.45, 2.75) is 50.9 Å². The fourth-order valence-electron chi connectivity index (χ4n) is 4.73. The van der Waals surface area contributed by atoms with Crippen LogP contribution in [0, 0.1) is 0 Å². The smallest absolute Gasteiger partial charge is 0.332 e. The zero-order valence-electron chi connectivity index (χ0n) is 19.8. The van der Waals surface area contributed by atoms with Crippen molar-refractivity contribution in [2.75, 3.05) is 5.32 Å². The topological polar surface area (TPSA) is 117 Å². The van der Waals surface area contributed by atoms with Crippen molar-refractivity contribution in [2.24, 2.45) is 12.8 Å². The van der Waals surface area contributed by atoms with Crippen LogP contribution in [-0.4, -0.2) is 36.6 Å². The van der Waals surface area contributed by atoms with Crippen molar-refractivity contribution in [1.29, 1.82) is 0 Å². The third-order valence-electron chi connectivity index (χ3n) is 6.80. The van der Waals surface area contributed by atoms with Crippen LogP contribution >= 0.6 is 27.3 Å². The highest BCUT2D eigenvalue weighted by molar-refractivity contribution is 9.10. The van der Waals surface area contributed by atoms with E-state index < -0.39 is 11.2 Å². The summed E-state index contributed by atoms with van der Waals surface area (Å²) in [7, 11) is 1.57. The van der Waals surface area contributed by atoms with Gasteiger partial charge in [-0.05, 0) is 35.9 Å². The van der Waals surface area contributed by atoms with Crippen LogP contribution in [0.4, 0.5) is 5.95 Å². The van der Waals surface area contributed by atoms with Gasteiger partial charge in [0.15, 0.2) is 16.9 Å². The number of nitrogens with two attached hydrogens (primary N) is 1. The Hall–Kier alpha value is -3.02. The van der Waals surface area contributed by atoms with Crippen molar-refractivity contribution < 1.29 is 4.79 Å². The van der Waals surface area contributed by atoms with Crippen LogP contribution in [0.1, 0.15) is 41.6 Å². The average Bonchev–Trinajstić information content (AvgIpc) is 3.52. The molecule has 1 fully saturated rings. The SMILES string of the molecule is Cn1c(=O)n(CC(=O)c2ccsc2)c(=O)c2c1nc(NC1CCCCC1N)n2Cc1ccccc1Br. The molecular weight excluding hydrogens is 544 g/mol. The van der Waals surface area contributed by atoms with E-state index in [0.29, 0.717) is 18.1 Å². The molecule has 5 rings (SSSR count). The maximum Gasteiger partial charge on any atom is 0.332 e. The highest BCUT2D eigenvalue weighted by Gasteiger charge is 2.27. The second-order valence-electron chi connectivity index (χ2n) is 9.15. The number of Topliss-reactive ketones (excluding diaryl/α,β-unsaturated/α-hetero) is 1. The summed E-state index contributed by atoms with van der Waals surface area (Å²) >= 11 is 4.99. The number of ketones is 1. The number of carbonyl (C=O) groups excluding carboxylic acids is 1. The summed E-state index contributed by atoms with van der Waals surface area (Å²) in [5.74, 6) is 0.190. The van der Waals surface area contributed by atoms with E-state index in [9.17, 15) is 14.4 Å². The Balaban J connectivity index is 1.67. The summed E-state index contributed by atoms with van der Waals surface area (Å²) in [6, 6.07) is 9.42. The van der Waals surface area contributed by atoms with Gasteiger partial charge in [-0.25, -0.2) is 4.79 Å². The first kappa shape index (κ1) is 24.7. The predicted molar refractivity (Wildman–Crippen MR) is 145 cm³/mol. The number of halogens is 1. The molecule has 9 nitrogen and oxygen atoms in total. The Morgan fingerprint density at radius 2 is 1.97 bits per heavy atom. The molecule has 36 heavy (non-hydrogen) atoms. The van der Waals surface area contributed by atoms with E-state index in [2.05, 4.69) is 21.2 Å². The summed E-state index contributed by atoms with van der Waals surface area (Å²) < 4.78 is 5.02. The van der Waals surface area contributed by atoms with Gasteiger partial charge in [0.05, 0.1) is 13.1 Å². The first-order chi connectivity index (χ1) is 17.3. The fraction of sp³-hybridized carbons (Fsp3) is 0.360. The van der Waals surface area contributed by atoms with Gasteiger partial charge in [-0.15, -0.1) is 0 Å². The number of rotatable bonds is 7. The first-order valence-electron chi connectivity index (χ1n) is 11.9. The van der Waals surface area contributed by atoms with Gasteiger partial charge in [-0.3, -0.25) is 23.3 Å². The average molecular weight is 572 g/mol. The van der Waals surface area contributed by atoms with Gasteiger partial charge in [0, 0.05) is 34.5 Å². The number of thiophene rings is 1. The third-order valence-corrected chi connectivity index (χ3v) is 8.25. The molecule has 0 aliphatic heterocycles. The molecule has 3 aromatic heterocycles. The van der Waals surface area contributed by atoms with E-state index in [1.165, 1.54) is 15.9 Å². The number of nitrogens with one attached hydrogen (secondary N) is 1. The van der Waals surface area contributed by atoms with E-state index in [4.69, 9.17) is 10.7 Å². The normalized spacial score (nSPS) is 18.0. The van der Waals surface area contributed by atoms with Crippen molar-refractivity contribution in [3.8, 4) is 0 Å². The number of hydrogen-bond acceptors (Lipinski definition) is 7. The van der Waals surface area contributed by atoms with Gasteiger partial charge in [0.2, 0.25) is 5.95 Å². The van der Waals surface area contributed by atoms with E-state index in [1.807, 2.05) is 24.3 Å². The number of aromatic nitrogens is 4. The van der Waals surface area contributed by atoms with E-state index in [0.717, 1.165) is 40.3 Å². The fourth-order valence-corrected chi connectivity index (χ4v) is 5.81. The largest absolute Gasteiger partial charge is 0.351 e. The van der Waals surface area contributed by atoms with Crippen molar-refractivity contribution in [3.05, 3.63) is 77.5 Å². The second-order valence-corrected chi connectivity index (χ2v) is 10.8. The molecule has 0 radical (unpaired) electrons. The second kappa shape index (κ2) is 10.2. The Morgan fingerprint density at radius 3 is 2.69 bits per heavy atom. The molecule has 2 atom stereocenters. The minimum absolute atomic E-state index is 0.00736. The minimum atomic E-state index is -0.581. The number of anilines is 1. The molecule has 11 heteroatoms. The quantitative estimate of drug-likeness (QED) is 0.329. The van der Waals surface area contributed by atoms with E-state index in [1.54, 1.807) is 28.4 Å². The van der Waals surface area contributed by atoms with E-state index >= 15 is 0 Å². The summed E-state index contributed by atoms with van der Waals surface area (Å²) in [4.78, 5) is 44.4. The van der Waals surface area contributed by atoms with Crippen LogP contribution in [0.5, 0.6) is 0 Å². The number of aryl methyl sites for hydroxylation is 1. The molecule has 0 saturated heterocycles. The predicted octanol–water partition coefficient (Wildman–Crippen LogP) is 3.33. The van der Waals surface area contributed by atoms with Crippen molar-refractivity contribution >= 4 is 50.2 Å². The zero-order chi connectivity index (χ0) is 25.4. The number of nitrogens with zero attached hydrogens (tertiary/aromatic N) is 4. The van der Waals surface area contributed by atoms with Gasteiger partial charge in [0.25, 0.3) is 5.56 Å².